The Hall–Kier alpha value is -4.15. The van der Waals surface area contributed by atoms with Crippen LogP contribution in [0.3, 0.4) is 0 Å². The van der Waals surface area contributed by atoms with Crippen molar-refractivity contribution in [2.24, 2.45) is 0 Å². The molecule has 0 aliphatic carbocycles. The average Bonchev–Trinajstić information content (AvgIpc) is 2.87. The van der Waals surface area contributed by atoms with Crippen LogP contribution in [0.1, 0.15) is 27.0 Å². The number of aromatic hydroxyl groups is 2. The van der Waals surface area contributed by atoms with Gasteiger partial charge in [-0.25, -0.2) is 0 Å². The molecule has 0 saturated heterocycles. The minimum Gasteiger partial charge on any atom is -0.507 e. The molecule has 5 aromatic carbocycles. The van der Waals surface area contributed by atoms with Crippen molar-refractivity contribution in [2.45, 2.75) is 5.60 Å². The molecule has 162 valence electrons. The molecule has 0 bridgehead atoms. The van der Waals surface area contributed by atoms with E-state index in [2.05, 4.69) is 0 Å². The standard InChI is InChI=1S/C29H22O4/c1-33-29(24-13-7-2-8-19(24)18-30,25-14-16-27(31)22-11-5-3-9-20(22)25)26-15-17-28(32)23-12-6-4-10-21(23)26/h2-18,31-32H,1H3. The zero-order chi connectivity index (χ0) is 23.0. The first-order valence-corrected chi connectivity index (χ1v) is 10.6. The maximum absolute atomic E-state index is 12.2. The van der Waals surface area contributed by atoms with E-state index in [9.17, 15) is 15.0 Å². The van der Waals surface area contributed by atoms with Crippen molar-refractivity contribution >= 4 is 27.8 Å². The molecule has 0 unspecified atom stereocenters. The average molecular weight is 434 g/mol. The van der Waals surface area contributed by atoms with Gasteiger partial charge in [0, 0.05) is 40.1 Å². The molecule has 4 heteroatoms. The van der Waals surface area contributed by atoms with E-state index in [1.54, 1.807) is 25.3 Å². The molecule has 0 spiro atoms. The van der Waals surface area contributed by atoms with Crippen molar-refractivity contribution in [3.05, 3.63) is 119 Å². The predicted octanol–water partition coefficient (Wildman–Crippen LogP) is 6.16. The van der Waals surface area contributed by atoms with Crippen molar-refractivity contribution in [1.29, 1.82) is 0 Å². The van der Waals surface area contributed by atoms with Crippen LogP contribution in [0.15, 0.2) is 97.1 Å². The van der Waals surface area contributed by atoms with Gasteiger partial charge in [0.1, 0.15) is 23.4 Å². The molecule has 0 radical (unpaired) electrons. The van der Waals surface area contributed by atoms with Crippen molar-refractivity contribution < 1.29 is 19.7 Å². The summed E-state index contributed by atoms with van der Waals surface area (Å²) in [5.41, 5.74) is 1.54. The molecular weight excluding hydrogens is 412 g/mol. The van der Waals surface area contributed by atoms with Gasteiger partial charge in [0.05, 0.1) is 0 Å². The quantitative estimate of drug-likeness (QED) is 0.257. The molecule has 2 N–H and O–H groups in total. The topological polar surface area (TPSA) is 66.8 Å². The molecule has 0 aliphatic rings. The normalized spacial score (nSPS) is 11.7. The van der Waals surface area contributed by atoms with Crippen LogP contribution in [0.2, 0.25) is 0 Å². The van der Waals surface area contributed by atoms with Crippen LogP contribution in [0.4, 0.5) is 0 Å². The van der Waals surface area contributed by atoms with Crippen LogP contribution < -0.4 is 0 Å². The summed E-state index contributed by atoms with van der Waals surface area (Å²) in [5, 5.41) is 24.1. The summed E-state index contributed by atoms with van der Waals surface area (Å²) in [6.07, 6.45) is 0.828. The van der Waals surface area contributed by atoms with E-state index in [1.807, 2.05) is 78.9 Å². The molecule has 33 heavy (non-hydrogen) atoms. The highest BCUT2D eigenvalue weighted by Crippen LogP contribution is 2.48. The van der Waals surface area contributed by atoms with Gasteiger partial charge in [0.2, 0.25) is 0 Å². The Kier molecular flexibility index (Phi) is 5.08. The van der Waals surface area contributed by atoms with Gasteiger partial charge in [-0.3, -0.25) is 4.79 Å². The van der Waals surface area contributed by atoms with Gasteiger partial charge in [-0.15, -0.1) is 0 Å². The fraction of sp³-hybridized carbons (Fsp3) is 0.0690. The number of hydrogen-bond donors (Lipinski definition) is 2. The molecule has 4 nitrogen and oxygen atoms in total. The molecular formula is C29H22O4. The zero-order valence-corrected chi connectivity index (χ0v) is 18.0. The van der Waals surface area contributed by atoms with Crippen LogP contribution >= 0.6 is 0 Å². The molecule has 0 saturated carbocycles. The van der Waals surface area contributed by atoms with Gasteiger partial charge < -0.3 is 14.9 Å². The Labute approximate surface area is 191 Å². The van der Waals surface area contributed by atoms with Gasteiger partial charge in [-0.05, 0) is 22.9 Å². The minimum absolute atomic E-state index is 0.165. The second-order valence-electron chi connectivity index (χ2n) is 7.95. The first kappa shape index (κ1) is 20.7. The fourth-order valence-electron chi connectivity index (χ4n) is 4.87. The molecule has 0 aromatic heterocycles. The van der Waals surface area contributed by atoms with E-state index in [1.165, 1.54) is 0 Å². The Morgan fingerprint density at radius 1 is 0.606 bits per heavy atom. The van der Waals surface area contributed by atoms with Crippen LogP contribution in [-0.4, -0.2) is 23.6 Å². The lowest BCUT2D eigenvalue weighted by Crippen LogP contribution is -2.33. The summed E-state index contributed by atoms with van der Waals surface area (Å²) >= 11 is 0. The lowest BCUT2D eigenvalue weighted by Gasteiger charge is -2.37. The number of phenolic OH excluding ortho intramolecular Hbond substituents is 2. The number of methoxy groups -OCH3 is 1. The second-order valence-corrected chi connectivity index (χ2v) is 7.95. The molecule has 5 rings (SSSR count). The first-order chi connectivity index (χ1) is 16.1. The summed E-state index contributed by atoms with van der Waals surface area (Å²) in [7, 11) is 1.62. The summed E-state index contributed by atoms with van der Waals surface area (Å²) in [6, 6.07) is 29.5. The third kappa shape index (κ3) is 3.07. The smallest absolute Gasteiger partial charge is 0.150 e. The van der Waals surface area contributed by atoms with Crippen molar-refractivity contribution in [1.82, 2.24) is 0 Å². The van der Waals surface area contributed by atoms with Gasteiger partial charge >= 0.3 is 0 Å². The highest BCUT2D eigenvalue weighted by molar-refractivity contribution is 5.96. The number of phenols is 2. The molecule has 0 fully saturated rings. The fourth-order valence-corrected chi connectivity index (χ4v) is 4.87. The summed E-state index contributed by atoms with van der Waals surface area (Å²) in [5.74, 6) is 0.331. The van der Waals surface area contributed by atoms with Crippen LogP contribution in [0.25, 0.3) is 21.5 Å². The molecule has 0 heterocycles. The number of aldehydes is 1. The maximum atomic E-state index is 12.2. The van der Waals surface area contributed by atoms with E-state index in [0.29, 0.717) is 21.9 Å². The Morgan fingerprint density at radius 2 is 1.06 bits per heavy atom. The lowest BCUT2D eigenvalue weighted by molar-refractivity contribution is 0.0600. The SMILES string of the molecule is COC(c1ccccc1C=O)(c1ccc(O)c2ccccc12)c1ccc(O)c2ccccc12. The summed E-state index contributed by atoms with van der Waals surface area (Å²) in [6.45, 7) is 0. The van der Waals surface area contributed by atoms with Crippen molar-refractivity contribution in [3.63, 3.8) is 0 Å². The molecule has 0 aliphatic heterocycles. The Balaban J connectivity index is 2.01. The molecule has 5 aromatic rings. The summed E-state index contributed by atoms with van der Waals surface area (Å²) in [4.78, 5) is 12.2. The highest BCUT2D eigenvalue weighted by Gasteiger charge is 2.41. The van der Waals surface area contributed by atoms with Gasteiger partial charge in [-0.2, -0.15) is 0 Å². The van der Waals surface area contributed by atoms with E-state index in [0.717, 1.165) is 28.2 Å². The lowest BCUT2D eigenvalue weighted by atomic mass is 9.75. The van der Waals surface area contributed by atoms with Crippen LogP contribution in [0, 0.1) is 0 Å². The van der Waals surface area contributed by atoms with Crippen LogP contribution in [-0.2, 0) is 10.3 Å². The third-order valence-corrected chi connectivity index (χ3v) is 6.33. The predicted molar refractivity (Wildman–Crippen MR) is 130 cm³/mol. The van der Waals surface area contributed by atoms with E-state index < -0.39 is 5.60 Å². The van der Waals surface area contributed by atoms with E-state index >= 15 is 0 Å². The van der Waals surface area contributed by atoms with Gasteiger partial charge in [0.15, 0.2) is 0 Å². The number of hydrogen-bond acceptors (Lipinski definition) is 4. The first-order valence-electron chi connectivity index (χ1n) is 10.6. The largest absolute Gasteiger partial charge is 0.507 e. The van der Waals surface area contributed by atoms with Crippen LogP contribution in [0.5, 0.6) is 11.5 Å². The summed E-state index contributed by atoms with van der Waals surface area (Å²) < 4.78 is 6.41. The number of fused-ring (bicyclic) bond motifs is 2. The van der Waals surface area contributed by atoms with Gasteiger partial charge in [0.25, 0.3) is 0 Å². The number of benzene rings is 5. The maximum Gasteiger partial charge on any atom is 0.150 e. The number of rotatable bonds is 5. The van der Waals surface area contributed by atoms with Crippen molar-refractivity contribution in [2.75, 3.05) is 7.11 Å². The Morgan fingerprint density at radius 3 is 1.55 bits per heavy atom. The monoisotopic (exact) mass is 434 g/mol. The number of ether oxygens (including phenoxy) is 1. The minimum atomic E-state index is -1.20. The van der Waals surface area contributed by atoms with E-state index in [4.69, 9.17) is 4.74 Å². The number of carbonyl (C=O) groups excluding carboxylic acids is 1. The highest BCUT2D eigenvalue weighted by atomic mass is 16.5. The van der Waals surface area contributed by atoms with Gasteiger partial charge in [-0.1, -0.05) is 84.9 Å². The van der Waals surface area contributed by atoms with Crippen molar-refractivity contribution in [3.8, 4) is 11.5 Å². The van der Waals surface area contributed by atoms with E-state index in [-0.39, 0.29) is 11.5 Å². The zero-order valence-electron chi connectivity index (χ0n) is 18.0. The third-order valence-electron chi connectivity index (χ3n) is 6.33. The molecule has 0 atom stereocenters. The number of carbonyl (C=O) groups is 1. The Bertz CT molecular complexity index is 1420. The molecule has 0 amide bonds. The second kappa shape index (κ2) is 8.08.